The number of hydrogen-bond acceptors (Lipinski definition) is 4. The van der Waals surface area contributed by atoms with Gasteiger partial charge in [0.2, 0.25) is 0 Å². The van der Waals surface area contributed by atoms with Gasteiger partial charge in [0.25, 0.3) is 0 Å². The highest BCUT2D eigenvalue weighted by atomic mass is 79.9. The van der Waals surface area contributed by atoms with Gasteiger partial charge in [0, 0.05) is 21.5 Å². The average Bonchev–Trinajstić information content (AvgIpc) is 3.17. The smallest absolute Gasteiger partial charge is 0.328 e. The average molecular weight is 369 g/mol. The Kier molecular flexibility index (Phi) is 4.24. The zero-order valence-corrected chi connectivity index (χ0v) is 14.1. The Bertz CT molecular complexity index is 705. The van der Waals surface area contributed by atoms with Crippen molar-refractivity contribution in [2.45, 2.75) is 48.3 Å². The third kappa shape index (κ3) is 3.41. The van der Waals surface area contributed by atoms with Crippen molar-refractivity contribution < 1.29 is 0 Å². The summed E-state index contributed by atoms with van der Waals surface area (Å²) in [5.41, 5.74) is 6.90. The Hall–Kier alpha value is -1.05. The van der Waals surface area contributed by atoms with Crippen molar-refractivity contribution in [1.82, 2.24) is 14.8 Å². The number of halogens is 1. The van der Waals surface area contributed by atoms with E-state index in [0.29, 0.717) is 6.04 Å². The van der Waals surface area contributed by atoms with Crippen LogP contribution in [0.15, 0.2) is 37.5 Å². The van der Waals surface area contributed by atoms with Gasteiger partial charge >= 0.3 is 5.69 Å². The lowest BCUT2D eigenvalue weighted by molar-refractivity contribution is 0.642. The maximum Gasteiger partial charge on any atom is 0.344 e. The van der Waals surface area contributed by atoms with Crippen molar-refractivity contribution in [2.24, 2.45) is 5.73 Å². The third-order valence-electron chi connectivity index (χ3n) is 3.34. The summed E-state index contributed by atoms with van der Waals surface area (Å²) in [6.45, 7) is 1.99. The van der Waals surface area contributed by atoms with Crippen molar-refractivity contribution in [3.63, 3.8) is 0 Å². The van der Waals surface area contributed by atoms with E-state index in [0.717, 1.165) is 33.8 Å². The van der Waals surface area contributed by atoms with Crippen LogP contribution in [0.25, 0.3) is 0 Å². The summed E-state index contributed by atoms with van der Waals surface area (Å²) in [4.78, 5) is 12.8. The highest BCUT2D eigenvalue weighted by Crippen LogP contribution is 2.39. The summed E-state index contributed by atoms with van der Waals surface area (Å²) < 4.78 is 2.76. The van der Waals surface area contributed by atoms with Crippen LogP contribution in [0.4, 0.5) is 0 Å². The Morgan fingerprint density at radius 1 is 1.57 bits per heavy atom. The van der Waals surface area contributed by atoms with Crippen LogP contribution in [0.5, 0.6) is 0 Å². The molecule has 1 heterocycles. The number of hydrogen-bond donors (Lipinski definition) is 2. The number of aromatic amines is 1. The van der Waals surface area contributed by atoms with Gasteiger partial charge in [-0.2, -0.15) is 0 Å². The molecule has 1 fully saturated rings. The van der Waals surface area contributed by atoms with Crippen molar-refractivity contribution >= 4 is 27.7 Å². The fourth-order valence-corrected chi connectivity index (χ4v) is 3.82. The second-order valence-corrected chi connectivity index (χ2v) is 7.32. The van der Waals surface area contributed by atoms with Gasteiger partial charge in [-0.3, -0.25) is 4.57 Å². The molecule has 3 N–H and O–H groups in total. The van der Waals surface area contributed by atoms with E-state index in [1.165, 1.54) is 17.3 Å². The quantitative estimate of drug-likeness (QED) is 0.850. The van der Waals surface area contributed by atoms with Crippen LogP contribution in [-0.2, 0) is 6.42 Å². The monoisotopic (exact) mass is 368 g/mol. The SMILES string of the molecule is CC(N)Cc1ccc(Sc2n[nH]c(=O)n2C2CC2)c(Br)c1. The second-order valence-electron chi connectivity index (χ2n) is 5.46. The number of aromatic nitrogens is 3. The first kappa shape index (κ1) is 14.9. The van der Waals surface area contributed by atoms with Crippen LogP contribution >= 0.6 is 27.7 Å². The number of rotatable bonds is 5. The summed E-state index contributed by atoms with van der Waals surface area (Å²) in [6, 6.07) is 6.65. The predicted molar refractivity (Wildman–Crippen MR) is 86.7 cm³/mol. The molecule has 0 saturated heterocycles. The van der Waals surface area contributed by atoms with E-state index in [1.54, 1.807) is 4.57 Å². The zero-order valence-electron chi connectivity index (χ0n) is 11.7. The number of nitrogens with zero attached hydrogens (tertiary/aromatic N) is 2. The van der Waals surface area contributed by atoms with Crippen LogP contribution in [0.1, 0.15) is 31.4 Å². The minimum atomic E-state index is -0.121. The topological polar surface area (TPSA) is 76.7 Å². The van der Waals surface area contributed by atoms with E-state index in [1.807, 2.05) is 13.0 Å². The molecule has 7 heteroatoms. The molecule has 1 atom stereocenters. The van der Waals surface area contributed by atoms with Gasteiger partial charge in [-0.15, -0.1) is 5.10 Å². The highest BCUT2D eigenvalue weighted by Gasteiger charge is 2.28. The molecule has 21 heavy (non-hydrogen) atoms. The summed E-state index contributed by atoms with van der Waals surface area (Å²) >= 11 is 5.09. The lowest BCUT2D eigenvalue weighted by atomic mass is 10.1. The molecular weight excluding hydrogens is 352 g/mol. The van der Waals surface area contributed by atoms with E-state index >= 15 is 0 Å². The fraction of sp³-hybridized carbons (Fsp3) is 0.429. The standard InChI is InChI=1S/C14H17BrN4OS/c1-8(16)6-9-2-5-12(11(15)7-9)21-14-18-17-13(20)19(14)10-3-4-10/h2,5,7-8,10H,3-4,6,16H2,1H3,(H,17,20). The molecule has 0 aliphatic heterocycles. The number of H-pyrrole nitrogens is 1. The van der Waals surface area contributed by atoms with Gasteiger partial charge in [0.15, 0.2) is 5.16 Å². The molecular formula is C14H17BrN4OS. The highest BCUT2D eigenvalue weighted by molar-refractivity contribution is 9.10. The first-order valence-corrected chi connectivity index (χ1v) is 8.54. The van der Waals surface area contributed by atoms with Gasteiger partial charge in [-0.25, -0.2) is 9.89 Å². The summed E-state index contributed by atoms with van der Waals surface area (Å²) in [5, 5.41) is 7.40. The zero-order chi connectivity index (χ0) is 15.0. The van der Waals surface area contributed by atoms with Gasteiger partial charge in [0.1, 0.15) is 0 Å². The molecule has 2 aromatic rings. The molecule has 1 aliphatic carbocycles. The van der Waals surface area contributed by atoms with E-state index in [9.17, 15) is 4.79 Å². The van der Waals surface area contributed by atoms with Crippen LogP contribution in [0, 0.1) is 0 Å². The second kappa shape index (κ2) is 5.98. The van der Waals surface area contributed by atoms with E-state index in [-0.39, 0.29) is 11.7 Å². The number of benzene rings is 1. The summed E-state index contributed by atoms with van der Waals surface area (Å²) in [7, 11) is 0. The van der Waals surface area contributed by atoms with Crippen LogP contribution in [0.2, 0.25) is 0 Å². The minimum absolute atomic E-state index is 0.121. The normalized spacial score (nSPS) is 16.1. The van der Waals surface area contributed by atoms with Crippen LogP contribution in [0.3, 0.4) is 0 Å². The number of nitrogens with one attached hydrogen (secondary N) is 1. The molecule has 1 aromatic heterocycles. The molecule has 0 amide bonds. The van der Waals surface area contributed by atoms with Crippen molar-refractivity contribution in [3.05, 3.63) is 38.7 Å². The molecule has 1 saturated carbocycles. The maximum absolute atomic E-state index is 11.8. The Balaban J connectivity index is 1.83. The van der Waals surface area contributed by atoms with Gasteiger partial charge in [-0.1, -0.05) is 6.07 Å². The lowest BCUT2D eigenvalue weighted by Gasteiger charge is -2.09. The predicted octanol–water partition coefficient (Wildman–Crippen LogP) is 2.71. The van der Waals surface area contributed by atoms with Crippen molar-refractivity contribution in [2.75, 3.05) is 0 Å². The molecule has 3 rings (SSSR count). The van der Waals surface area contributed by atoms with Gasteiger partial charge < -0.3 is 5.73 Å². The third-order valence-corrected chi connectivity index (χ3v) is 5.30. The molecule has 0 spiro atoms. The van der Waals surface area contributed by atoms with Gasteiger partial charge in [0.05, 0.1) is 0 Å². The largest absolute Gasteiger partial charge is 0.344 e. The van der Waals surface area contributed by atoms with E-state index in [4.69, 9.17) is 5.73 Å². The first-order valence-electron chi connectivity index (χ1n) is 6.93. The molecule has 5 nitrogen and oxygen atoms in total. The first-order chi connectivity index (χ1) is 10.0. The molecule has 1 aromatic carbocycles. The number of nitrogens with two attached hydrogens (primary N) is 1. The van der Waals surface area contributed by atoms with E-state index < -0.39 is 0 Å². The lowest BCUT2D eigenvalue weighted by Crippen LogP contribution is -2.17. The maximum atomic E-state index is 11.8. The van der Waals surface area contributed by atoms with Crippen molar-refractivity contribution in [1.29, 1.82) is 0 Å². The summed E-state index contributed by atoms with van der Waals surface area (Å²) in [5.74, 6) is 0. The van der Waals surface area contributed by atoms with Crippen LogP contribution < -0.4 is 11.4 Å². The Labute approximate surface area is 135 Å². The molecule has 112 valence electrons. The molecule has 1 aliphatic rings. The fourth-order valence-electron chi connectivity index (χ4n) is 2.24. The van der Waals surface area contributed by atoms with Gasteiger partial charge in [-0.05, 0) is 71.6 Å². The molecule has 1 unspecified atom stereocenters. The van der Waals surface area contributed by atoms with Crippen molar-refractivity contribution in [3.8, 4) is 0 Å². The summed E-state index contributed by atoms with van der Waals surface area (Å²) in [6.07, 6.45) is 2.96. The molecule has 0 bridgehead atoms. The van der Waals surface area contributed by atoms with Crippen LogP contribution in [-0.4, -0.2) is 20.8 Å². The Morgan fingerprint density at radius 2 is 2.33 bits per heavy atom. The molecule has 0 radical (unpaired) electrons. The Morgan fingerprint density at radius 3 is 2.95 bits per heavy atom. The minimum Gasteiger partial charge on any atom is -0.328 e. The van der Waals surface area contributed by atoms with E-state index in [2.05, 4.69) is 38.3 Å².